The predicted octanol–water partition coefficient (Wildman–Crippen LogP) is 3.35. The first kappa shape index (κ1) is 18.8. The van der Waals surface area contributed by atoms with Gasteiger partial charge >= 0.3 is 5.97 Å². The van der Waals surface area contributed by atoms with Gasteiger partial charge in [-0.2, -0.15) is 0 Å². The summed E-state index contributed by atoms with van der Waals surface area (Å²) in [6, 6.07) is 5.15. The molecule has 5 heteroatoms. The summed E-state index contributed by atoms with van der Waals surface area (Å²) >= 11 is 0. The highest BCUT2D eigenvalue weighted by Gasteiger charge is 2.29. The van der Waals surface area contributed by atoms with Gasteiger partial charge in [0.1, 0.15) is 6.04 Å². The second-order valence-electron chi connectivity index (χ2n) is 6.84. The highest BCUT2D eigenvalue weighted by Crippen LogP contribution is 2.22. The average Bonchev–Trinajstić information content (AvgIpc) is 2.31. The van der Waals surface area contributed by atoms with Crippen molar-refractivity contribution in [3.63, 3.8) is 0 Å². The minimum absolute atomic E-state index is 0.217. The summed E-state index contributed by atoms with van der Waals surface area (Å²) in [5.74, 6) is -0.405. The van der Waals surface area contributed by atoms with Gasteiger partial charge in [-0.05, 0) is 54.0 Å². The molecule has 4 nitrogen and oxygen atoms in total. The molecule has 1 aromatic rings. The molecule has 0 saturated heterocycles. The minimum Gasteiger partial charge on any atom is -0.462 e. The fraction of sp³-hybridized carbons (Fsp3) is 0.588. The highest BCUT2D eigenvalue weighted by molar-refractivity contribution is 7.84. The molecule has 0 heterocycles. The van der Waals surface area contributed by atoms with Crippen LogP contribution in [-0.4, -0.2) is 21.0 Å². The van der Waals surface area contributed by atoms with Gasteiger partial charge in [0, 0.05) is 0 Å². The van der Waals surface area contributed by atoms with Crippen molar-refractivity contribution >= 4 is 17.0 Å². The molecular weight excluding hydrogens is 298 g/mol. The standard InChI is InChI=1S/C17H27NO3S/c1-11(2)21-16(19)15(18-22(20)17(5,6)7)14-9-12(3)8-13(4)10-14/h8-11,15,18H,1-7H3/t15-,22?/m1/s1. The van der Waals surface area contributed by atoms with Crippen molar-refractivity contribution in [3.8, 4) is 0 Å². The van der Waals surface area contributed by atoms with Gasteiger partial charge in [-0.25, -0.2) is 13.7 Å². The summed E-state index contributed by atoms with van der Waals surface area (Å²) in [4.78, 5) is 12.4. The van der Waals surface area contributed by atoms with E-state index >= 15 is 0 Å². The van der Waals surface area contributed by atoms with Crippen LogP contribution in [-0.2, 0) is 20.5 Å². The molecule has 0 aliphatic carbocycles. The molecule has 0 saturated carbocycles. The van der Waals surface area contributed by atoms with Crippen LogP contribution in [0.3, 0.4) is 0 Å². The maximum atomic E-state index is 12.4. The number of nitrogens with one attached hydrogen (secondary N) is 1. The van der Waals surface area contributed by atoms with E-state index in [0.29, 0.717) is 0 Å². The maximum Gasteiger partial charge on any atom is 0.328 e. The van der Waals surface area contributed by atoms with Gasteiger partial charge in [0.2, 0.25) is 0 Å². The van der Waals surface area contributed by atoms with Crippen LogP contribution in [0.15, 0.2) is 18.2 Å². The SMILES string of the molecule is Cc1cc(C)cc([C@@H](NS(=O)C(C)(C)C)C(=O)OC(C)C)c1. The van der Waals surface area contributed by atoms with Crippen LogP contribution in [0.25, 0.3) is 0 Å². The molecule has 1 unspecified atom stereocenters. The second kappa shape index (κ2) is 7.38. The lowest BCUT2D eigenvalue weighted by atomic mass is 10.0. The van der Waals surface area contributed by atoms with E-state index in [0.717, 1.165) is 16.7 Å². The third kappa shape index (κ3) is 5.54. The molecule has 0 amide bonds. The molecular formula is C17H27NO3S. The van der Waals surface area contributed by atoms with E-state index in [4.69, 9.17) is 4.74 Å². The van der Waals surface area contributed by atoms with Crippen molar-refractivity contribution in [1.82, 2.24) is 4.72 Å². The number of rotatable bonds is 5. The normalized spacial score (nSPS) is 14.7. The van der Waals surface area contributed by atoms with Gasteiger partial charge < -0.3 is 4.74 Å². The van der Waals surface area contributed by atoms with Gasteiger partial charge in [-0.15, -0.1) is 0 Å². The number of carbonyl (C=O) groups is 1. The molecule has 1 aromatic carbocycles. The summed E-state index contributed by atoms with van der Waals surface area (Å²) in [6.45, 7) is 13.1. The minimum atomic E-state index is -1.37. The Kier molecular flexibility index (Phi) is 6.32. The number of benzene rings is 1. The molecule has 0 radical (unpaired) electrons. The Morgan fingerprint density at radius 3 is 2.05 bits per heavy atom. The van der Waals surface area contributed by atoms with Gasteiger partial charge in [0.05, 0.1) is 21.8 Å². The van der Waals surface area contributed by atoms with E-state index < -0.39 is 27.7 Å². The molecule has 124 valence electrons. The number of esters is 1. The number of hydrogen-bond donors (Lipinski definition) is 1. The lowest BCUT2D eigenvalue weighted by Gasteiger charge is -2.24. The van der Waals surface area contributed by atoms with Gasteiger partial charge in [0.15, 0.2) is 0 Å². The van der Waals surface area contributed by atoms with Crippen LogP contribution in [0, 0.1) is 13.8 Å². The third-order valence-electron chi connectivity index (χ3n) is 2.95. The first-order valence-electron chi connectivity index (χ1n) is 7.47. The zero-order valence-electron chi connectivity index (χ0n) is 14.5. The maximum absolute atomic E-state index is 12.4. The monoisotopic (exact) mass is 325 g/mol. The third-order valence-corrected chi connectivity index (χ3v) is 4.51. The van der Waals surface area contributed by atoms with Crippen molar-refractivity contribution < 1.29 is 13.7 Å². The zero-order valence-corrected chi connectivity index (χ0v) is 15.3. The van der Waals surface area contributed by atoms with Crippen molar-refractivity contribution in [2.75, 3.05) is 0 Å². The summed E-state index contributed by atoms with van der Waals surface area (Å²) in [5.41, 5.74) is 2.89. The van der Waals surface area contributed by atoms with E-state index in [1.165, 1.54) is 0 Å². The van der Waals surface area contributed by atoms with Crippen molar-refractivity contribution in [1.29, 1.82) is 0 Å². The van der Waals surface area contributed by atoms with Crippen LogP contribution < -0.4 is 4.72 Å². The number of ether oxygens (including phenoxy) is 1. The molecule has 0 aliphatic rings. The number of carbonyl (C=O) groups excluding carboxylic acids is 1. The Balaban J connectivity index is 3.16. The van der Waals surface area contributed by atoms with Crippen LogP contribution in [0.1, 0.15) is 57.4 Å². The average molecular weight is 325 g/mol. The first-order valence-corrected chi connectivity index (χ1v) is 8.62. The van der Waals surface area contributed by atoms with Crippen LogP contribution in [0.4, 0.5) is 0 Å². The summed E-state index contributed by atoms with van der Waals surface area (Å²) in [6.07, 6.45) is -0.217. The first-order chi connectivity index (χ1) is 10.0. The highest BCUT2D eigenvalue weighted by atomic mass is 32.2. The van der Waals surface area contributed by atoms with E-state index in [2.05, 4.69) is 4.72 Å². The van der Waals surface area contributed by atoms with Crippen LogP contribution in [0.2, 0.25) is 0 Å². The predicted molar refractivity (Wildman–Crippen MR) is 90.9 cm³/mol. The fourth-order valence-corrected chi connectivity index (χ4v) is 2.81. The molecule has 1 N–H and O–H groups in total. The molecule has 0 fully saturated rings. The van der Waals surface area contributed by atoms with Crippen molar-refractivity contribution in [2.45, 2.75) is 65.4 Å². The van der Waals surface area contributed by atoms with Crippen LogP contribution >= 0.6 is 0 Å². The fourth-order valence-electron chi connectivity index (χ4n) is 2.01. The second-order valence-corrected chi connectivity index (χ2v) is 8.84. The summed E-state index contributed by atoms with van der Waals surface area (Å²) in [7, 11) is -1.37. The smallest absolute Gasteiger partial charge is 0.328 e. The Morgan fingerprint density at radius 1 is 1.14 bits per heavy atom. The van der Waals surface area contributed by atoms with Crippen molar-refractivity contribution in [2.24, 2.45) is 0 Å². The van der Waals surface area contributed by atoms with Crippen molar-refractivity contribution in [3.05, 3.63) is 34.9 Å². The topological polar surface area (TPSA) is 55.4 Å². The van der Waals surface area contributed by atoms with Crippen LogP contribution in [0.5, 0.6) is 0 Å². The molecule has 0 bridgehead atoms. The molecule has 1 rings (SSSR count). The van der Waals surface area contributed by atoms with Gasteiger partial charge in [-0.3, -0.25) is 0 Å². The Bertz CT molecular complexity index is 541. The molecule has 22 heavy (non-hydrogen) atoms. The van der Waals surface area contributed by atoms with Gasteiger partial charge in [0.25, 0.3) is 0 Å². The summed E-state index contributed by atoms with van der Waals surface area (Å²) < 4.78 is 20.2. The lowest BCUT2D eigenvalue weighted by molar-refractivity contribution is -0.149. The lowest BCUT2D eigenvalue weighted by Crippen LogP contribution is -2.40. The van der Waals surface area contributed by atoms with E-state index in [1.807, 2.05) is 52.8 Å². The summed E-state index contributed by atoms with van der Waals surface area (Å²) in [5, 5.41) is 0. The van der Waals surface area contributed by atoms with E-state index in [-0.39, 0.29) is 6.10 Å². The Morgan fingerprint density at radius 2 is 1.64 bits per heavy atom. The Hall–Kier alpha value is -1.20. The number of aryl methyl sites for hydroxylation is 2. The molecule has 0 aliphatic heterocycles. The molecule has 2 atom stereocenters. The quantitative estimate of drug-likeness (QED) is 0.845. The Labute approximate surface area is 136 Å². The van der Waals surface area contributed by atoms with E-state index in [9.17, 15) is 9.00 Å². The molecule has 0 aromatic heterocycles. The largest absolute Gasteiger partial charge is 0.462 e. The zero-order chi connectivity index (χ0) is 17.1. The number of hydrogen-bond acceptors (Lipinski definition) is 3. The van der Waals surface area contributed by atoms with Gasteiger partial charge in [-0.1, -0.05) is 29.3 Å². The van der Waals surface area contributed by atoms with E-state index in [1.54, 1.807) is 13.8 Å². The molecule has 0 spiro atoms.